The van der Waals surface area contributed by atoms with E-state index in [4.69, 9.17) is 4.74 Å². The summed E-state index contributed by atoms with van der Waals surface area (Å²) in [5.41, 5.74) is 1.07. The highest BCUT2D eigenvalue weighted by atomic mass is 16.5. The molecule has 2 saturated heterocycles. The van der Waals surface area contributed by atoms with Crippen molar-refractivity contribution in [1.29, 1.82) is 0 Å². The number of carbonyl (C=O) groups excluding carboxylic acids is 2. The van der Waals surface area contributed by atoms with Crippen LogP contribution in [0.15, 0.2) is 30.3 Å². The SMILES string of the molecule is O=C(NCc1ccccc1)N1CCC[C@@H](C(=O)N2CCOCC2)C1. The fraction of sp³-hybridized carbons (Fsp3) is 0.556. The predicted molar refractivity (Wildman–Crippen MR) is 90.4 cm³/mol. The molecule has 2 aliphatic heterocycles. The molecule has 6 nitrogen and oxygen atoms in total. The maximum atomic E-state index is 12.6. The van der Waals surface area contributed by atoms with E-state index in [0.29, 0.717) is 45.9 Å². The first-order valence-electron chi connectivity index (χ1n) is 8.67. The lowest BCUT2D eigenvalue weighted by molar-refractivity contribution is -0.141. The van der Waals surface area contributed by atoms with Crippen LogP contribution in [0.1, 0.15) is 18.4 Å². The Labute approximate surface area is 142 Å². The fourth-order valence-electron chi connectivity index (χ4n) is 3.29. The van der Waals surface area contributed by atoms with E-state index in [1.807, 2.05) is 35.2 Å². The van der Waals surface area contributed by atoms with Gasteiger partial charge in [-0.2, -0.15) is 0 Å². The summed E-state index contributed by atoms with van der Waals surface area (Å²) in [4.78, 5) is 28.6. The molecule has 0 aliphatic carbocycles. The lowest BCUT2D eigenvalue weighted by atomic mass is 9.96. The summed E-state index contributed by atoms with van der Waals surface area (Å²) in [7, 11) is 0. The van der Waals surface area contributed by atoms with Crippen molar-refractivity contribution in [1.82, 2.24) is 15.1 Å². The average molecular weight is 331 g/mol. The zero-order valence-electron chi connectivity index (χ0n) is 13.9. The zero-order valence-corrected chi connectivity index (χ0v) is 13.9. The number of likely N-dealkylation sites (tertiary alicyclic amines) is 1. The lowest BCUT2D eigenvalue weighted by Crippen LogP contribution is -2.51. The van der Waals surface area contributed by atoms with Crippen LogP contribution >= 0.6 is 0 Å². The molecule has 0 radical (unpaired) electrons. The first kappa shape index (κ1) is 16.8. The maximum absolute atomic E-state index is 12.6. The van der Waals surface area contributed by atoms with Gasteiger partial charge in [0.1, 0.15) is 0 Å². The second-order valence-electron chi connectivity index (χ2n) is 6.37. The molecule has 3 amide bonds. The number of morpholine rings is 1. The Balaban J connectivity index is 1.50. The summed E-state index contributed by atoms with van der Waals surface area (Å²) in [5, 5.41) is 2.95. The summed E-state index contributed by atoms with van der Waals surface area (Å²) in [5.74, 6) is 0.0817. The molecule has 0 aromatic heterocycles. The van der Waals surface area contributed by atoms with Gasteiger partial charge in [0.2, 0.25) is 5.91 Å². The van der Waals surface area contributed by atoms with Gasteiger partial charge in [0, 0.05) is 32.7 Å². The van der Waals surface area contributed by atoms with Gasteiger partial charge in [-0.15, -0.1) is 0 Å². The van der Waals surface area contributed by atoms with E-state index < -0.39 is 0 Å². The first-order valence-corrected chi connectivity index (χ1v) is 8.67. The average Bonchev–Trinajstić information content (AvgIpc) is 2.67. The molecule has 130 valence electrons. The van der Waals surface area contributed by atoms with Gasteiger partial charge in [-0.25, -0.2) is 4.79 Å². The van der Waals surface area contributed by atoms with Crippen molar-refractivity contribution < 1.29 is 14.3 Å². The van der Waals surface area contributed by atoms with E-state index in [9.17, 15) is 9.59 Å². The summed E-state index contributed by atoms with van der Waals surface area (Å²) in [6.45, 7) is 4.28. The van der Waals surface area contributed by atoms with Gasteiger partial charge >= 0.3 is 6.03 Å². The molecule has 1 atom stereocenters. The molecule has 1 N–H and O–H groups in total. The van der Waals surface area contributed by atoms with Crippen molar-refractivity contribution in [3.05, 3.63) is 35.9 Å². The molecule has 0 saturated carbocycles. The monoisotopic (exact) mass is 331 g/mol. The Kier molecular flexibility index (Phi) is 5.69. The first-order chi connectivity index (χ1) is 11.7. The second-order valence-corrected chi connectivity index (χ2v) is 6.37. The van der Waals surface area contributed by atoms with E-state index in [2.05, 4.69) is 5.32 Å². The van der Waals surface area contributed by atoms with Gasteiger partial charge in [-0.05, 0) is 18.4 Å². The number of nitrogens with one attached hydrogen (secondary N) is 1. The van der Waals surface area contributed by atoms with Gasteiger partial charge in [0.05, 0.1) is 19.1 Å². The van der Waals surface area contributed by atoms with E-state index in [-0.39, 0.29) is 17.9 Å². The summed E-state index contributed by atoms with van der Waals surface area (Å²) in [6, 6.07) is 9.76. The number of carbonyl (C=O) groups is 2. The number of hydrogen-bond donors (Lipinski definition) is 1. The van der Waals surface area contributed by atoms with Crippen LogP contribution in [0.25, 0.3) is 0 Å². The molecule has 6 heteroatoms. The van der Waals surface area contributed by atoms with Crippen molar-refractivity contribution in [2.75, 3.05) is 39.4 Å². The zero-order chi connectivity index (χ0) is 16.8. The van der Waals surface area contributed by atoms with Crippen LogP contribution in [0.2, 0.25) is 0 Å². The number of ether oxygens (including phenoxy) is 1. The van der Waals surface area contributed by atoms with Crippen molar-refractivity contribution >= 4 is 11.9 Å². The molecule has 0 bridgehead atoms. The summed E-state index contributed by atoms with van der Waals surface area (Å²) < 4.78 is 5.30. The number of piperidine rings is 1. The number of benzene rings is 1. The smallest absolute Gasteiger partial charge is 0.317 e. The minimum absolute atomic E-state index is 0.0840. The second kappa shape index (κ2) is 8.15. The minimum Gasteiger partial charge on any atom is -0.378 e. The normalized spacial score (nSPS) is 21.4. The number of nitrogens with zero attached hydrogens (tertiary/aromatic N) is 2. The fourth-order valence-corrected chi connectivity index (χ4v) is 3.29. The molecule has 0 unspecified atom stereocenters. The number of hydrogen-bond acceptors (Lipinski definition) is 3. The molecule has 1 aromatic rings. The molecule has 0 spiro atoms. The van der Waals surface area contributed by atoms with E-state index in [0.717, 1.165) is 18.4 Å². The molecule has 1 aromatic carbocycles. The van der Waals surface area contributed by atoms with Gasteiger partial charge in [0.25, 0.3) is 0 Å². The number of amides is 3. The Bertz CT molecular complexity index is 558. The molecule has 3 rings (SSSR count). The van der Waals surface area contributed by atoms with Crippen LogP contribution in [-0.2, 0) is 16.1 Å². The van der Waals surface area contributed by atoms with E-state index in [1.54, 1.807) is 4.90 Å². The van der Waals surface area contributed by atoms with E-state index >= 15 is 0 Å². The lowest BCUT2D eigenvalue weighted by Gasteiger charge is -2.36. The topological polar surface area (TPSA) is 61.9 Å². The molecule has 24 heavy (non-hydrogen) atoms. The largest absolute Gasteiger partial charge is 0.378 e. The molecule has 2 heterocycles. The number of rotatable bonds is 3. The van der Waals surface area contributed by atoms with Crippen LogP contribution in [0.5, 0.6) is 0 Å². The third-order valence-corrected chi connectivity index (χ3v) is 4.67. The quantitative estimate of drug-likeness (QED) is 0.912. The van der Waals surface area contributed by atoms with Crippen LogP contribution in [0, 0.1) is 5.92 Å². The van der Waals surface area contributed by atoms with Gasteiger partial charge in [-0.1, -0.05) is 30.3 Å². The third-order valence-electron chi connectivity index (χ3n) is 4.67. The van der Waals surface area contributed by atoms with Crippen LogP contribution < -0.4 is 5.32 Å². The third kappa shape index (κ3) is 4.26. The Morgan fingerprint density at radius 2 is 1.83 bits per heavy atom. The Hall–Kier alpha value is -2.08. The van der Waals surface area contributed by atoms with Crippen molar-refractivity contribution in [2.45, 2.75) is 19.4 Å². The van der Waals surface area contributed by atoms with E-state index in [1.165, 1.54) is 0 Å². The van der Waals surface area contributed by atoms with Crippen molar-refractivity contribution in [3.63, 3.8) is 0 Å². The number of urea groups is 1. The molecule has 2 aliphatic rings. The minimum atomic E-state index is -0.0849. The van der Waals surface area contributed by atoms with Gasteiger partial charge in [0.15, 0.2) is 0 Å². The van der Waals surface area contributed by atoms with Gasteiger partial charge in [-0.3, -0.25) is 4.79 Å². The summed E-state index contributed by atoms with van der Waals surface area (Å²) in [6.07, 6.45) is 1.73. The molecular weight excluding hydrogens is 306 g/mol. The molecule has 2 fully saturated rings. The van der Waals surface area contributed by atoms with Gasteiger partial charge < -0.3 is 19.9 Å². The highest BCUT2D eigenvalue weighted by Crippen LogP contribution is 2.19. The van der Waals surface area contributed by atoms with Crippen molar-refractivity contribution in [2.24, 2.45) is 5.92 Å². The maximum Gasteiger partial charge on any atom is 0.317 e. The molecular formula is C18H25N3O3. The van der Waals surface area contributed by atoms with Crippen LogP contribution in [0.3, 0.4) is 0 Å². The standard InChI is InChI=1S/C18H25N3O3/c22-17(20-9-11-24-12-10-20)16-7-4-8-21(14-16)18(23)19-13-15-5-2-1-3-6-15/h1-3,5-6,16H,4,7-14H2,(H,19,23)/t16-/m1/s1. The van der Waals surface area contributed by atoms with Crippen LogP contribution in [0.4, 0.5) is 4.79 Å². The Morgan fingerprint density at radius 1 is 1.08 bits per heavy atom. The highest BCUT2D eigenvalue weighted by Gasteiger charge is 2.31. The predicted octanol–water partition coefficient (Wildman–Crippen LogP) is 1.47. The highest BCUT2D eigenvalue weighted by molar-refractivity contribution is 5.81. The summed E-state index contributed by atoms with van der Waals surface area (Å²) >= 11 is 0. The van der Waals surface area contributed by atoms with Crippen molar-refractivity contribution in [3.8, 4) is 0 Å². The Morgan fingerprint density at radius 3 is 2.58 bits per heavy atom. The van der Waals surface area contributed by atoms with Crippen LogP contribution in [-0.4, -0.2) is 61.1 Å².